The summed E-state index contributed by atoms with van der Waals surface area (Å²) in [5.41, 5.74) is 1.97. The average Bonchev–Trinajstić information content (AvgIpc) is 2.74. The van der Waals surface area contributed by atoms with Crippen molar-refractivity contribution in [1.29, 1.82) is 0 Å². The zero-order valence-electron chi connectivity index (χ0n) is 16.3. The van der Waals surface area contributed by atoms with Crippen LogP contribution in [0.2, 0.25) is 0 Å². The molecule has 0 saturated carbocycles. The number of carbonyl (C=O) groups is 2. The van der Waals surface area contributed by atoms with Crippen molar-refractivity contribution in [2.24, 2.45) is 0 Å². The first-order valence-electron chi connectivity index (χ1n) is 9.24. The van der Waals surface area contributed by atoms with E-state index in [2.05, 4.69) is 5.32 Å². The van der Waals surface area contributed by atoms with Crippen LogP contribution in [0.1, 0.15) is 18.1 Å². The van der Waals surface area contributed by atoms with Crippen molar-refractivity contribution in [3.05, 3.63) is 95.8 Å². The first kappa shape index (κ1) is 20.8. The minimum atomic E-state index is -0.654. The number of para-hydroxylation sites is 2. The lowest BCUT2D eigenvalue weighted by Crippen LogP contribution is -2.10. The summed E-state index contributed by atoms with van der Waals surface area (Å²) >= 11 is 0. The van der Waals surface area contributed by atoms with Gasteiger partial charge in [0.2, 0.25) is 5.91 Å². The quantitative estimate of drug-likeness (QED) is 0.342. The summed E-state index contributed by atoms with van der Waals surface area (Å²) in [5.74, 6) is -1.09. The number of anilines is 1. The van der Waals surface area contributed by atoms with E-state index in [4.69, 9.17) is 9.47 Å². The second-order valence-electron chi connectivity index (χ2n) is 6.36. The van der Waals surface area contributed by atoms with Crippen molar-refractivity contribution in [3.8, 4) is 11.5 Å². The molecule has 0 unspecified atom stereocenters. The van der Waals surface area contributed by atoms with Crippen molar-refractivity contribution >= 4 is 23.6 Å². The third kappa shape index (κ3) is 6.04. The largest absolute Gasteiger partial charge is 0.489 e. The summed E-state index contributed by atoms with van der Waals surface area (Å²) < 4.78 is 24.2. The normalized spacial score (nSPS) is 10.6. The van der Waals surface area contributed by atoms with Crippen LogP contribution in [-0.4, -0.2) is 11.9 Å². The maximum atomic E-state index is 13.7. The molecule has 1 N–H and O–H groups in total. The van der Waals surface area contributed by atoms with Crippen LogP contribution in [0.5, 0.6) is 11.5 Å². The third-order valence-electron chi connectivity index (χ3n) is 4.05. The highest BCUT2D eigenvalue weighted by molar-refractivity contribution is 6.02. The number of benzene rings is 3. The van der Waals surface area contributed by atoms with Crippen LogP contribution in [0.25, 0.3) is 6.08 Å². The monoisotopic (exact) mass is 405 g/mol. The fourth-order valence-corrected chi connectivity index (χ4v) is 2.65. The lowest BCUT2D eigenvalue weighted by atomic mass is 10.1. The fraction of sp³-hybridized carbons (Fsp3) is 0.0833. The molecule has 0 radical (unpaired) electrons. The van der Waals surface area contributed by atoms with E-state index in [1.54, 1.807) is 6.07 Å². The Morgan fingerprint density at radius 2 is 1.73 bits per heavy atom. The van der Waals surface area contributed by atoms with Crippen LogP contribution < -0.4 is 14.8 Å². The summed E-state index contributed by atoms with van der Waals surface area (Å²) in [6.45, 7) is 1.49. The topological polar surface area (TPSA) is 64.6 Å². The molecule has 0 fully saturated rings. The minimum Gasteiger partial charge on any atom is -0.489 e. The van der Waals surface area contributed by atoms with Crippen molar-refractivity contribution < 1.29 is 23.5 Å². The number of rotatable bonds is 7. The molecular formula is C24H20FNO4. The molecule has 152 valence electrons. The minimum absolute atomic E-state index is 0.187. The van der Waals surface area contributed by atoms with E-state index in [1.165, 1.54) is 37.3 Å². The first-order valence-corrected chi connectivity index (χ1v) is 9.24. The smallest absolute Gasteiger partial charge is 0.308 e. The molecule has 5 nitrogen and oxygen atoms in total. The van der Waals surface area contributed by atoms with E-state index in [9.17, 15) is 14.0 Å². The molecule has 6 heteroatoms. The molecule has 0 aromatic heterocycles. The molecule has 0 heterocycles. The van der Waals surface area contributed by atoms with Gasteiger partial charge in [-0.2, -0.15) is 0 Å². The van der Waals surface area contributed by atoms with Gasteiger partial charge in [0.05, 0.1) is 0 Å². The van der Waals surface area contributed by atoms with Crippen LogP contribution in [0.4, 0.5) is 10.1 Å². The van der Waals surface area contributed by atoms with Crippen LogP contribution in [0, 0.1) is 5.82 Å². The number of carbonyl (C=O) groups excluding carboxylic acids is 2. The maximum Gasteiger partial charge on any atom is 0.308 e. The highest BCUT2D eigenvalue weighted by atomic mass is 19.1. The van der Waals surface area contributed by atoms with E-state index >= 15 is 0 Å². The van der Waals surface area contributed by atoms with Crippen molar-refractivity contribution in [3.63, 3.8) is 0 Å². The third-order valence-corrected chi connectivity index (χ3v) is 4.05. The van der Waals surface area contributed by atoms with Crippen molar-refractivity contribution in [2.75, 3.05) is 5.32 Å². The van der Waals surface area contributed by atoms with Gasteiger partial charge in [-0.25, -0.2) is 4.39 Å². The van der Waals surface area contributed by atoms with E-state index in [1.807, 2.05) is 48.5 Å². The molecule has 0 aliphatic heterocycles. The summed E-state index contributed by atoms with van der Waals surface area (Å²) in [5, 5.41) is 2.81. The molecule has 30 heavy (non-hydrogen) atoms. The number of hydrogen-bond acceptors (Lipinski definition) is 4. The fourth-order valence-electron chi connectivity index (χ4n) is 2.65. The zero-order chi connectivity index (χ0) is 21.3. The van der Waals surface area contributed by atoms with Gasteiger partial charge in [-0.3, -0.25) is 9.59 Å². The Bertz CT molecular complexity index is 1060. The van der Waals surface area contributed by atoms with Crippen LogP contribution >= 0.6 is 0 Å². The van der Waals surface area contributed by atoms with Gasteiger partial charge in [-0.1, -0.05) is 42.5 Å². The molecule has 3 aromatic rings. The summed E-state index contributed by atoms with van der Waals surface area (Å²) in [6, 6.07) is 20.7. The van der Waals surface area contributed by atoms with Gasteiger partial charge in [0, 0.05) is 24.3 Å². The molecule has 3 rings (SSSR count). The summed E-state index contributed by atoms with van der Waals surface area (Å²) in [6.07, 6.45) is 2.82. The Balaban J connectivity index is 1.66. The predicted octanol–water partition coefficient (Wildman–Crippen LogP) is 4.98. The zero-order valence-corrected chi connectivity index (χ0v) is 16.3. The summed E-state index contributed by atoms with van der Waals surface area (Å²) in [4.78, 5) is 23.4. The van der Waals surface area contributed by atoms with E-state index in [0.717, 1.165) is 11.3 Å². The number of esters is 1. The number of nitrogens with one attached hydrogen (secondary N) is 1. The van der Waals surface area contributed by atoms with E-state index in [-0.39, 0.29) is 11.7 Å². The molecule has 0 atom stereocenters. The van der Waals surface area contributed by atoms with Gasteiger partial charge in [-0.15, -0.1) is 0 Å². The van der Waals surface area contributed by atoms with E-state index < -0.39 is 11.8 Å². The van der Waals surface area contributed by atoms with Crippen LogP contribution in [-0.2, 0) is 16.2 Å². The highest BCUT2D eigenvalue weighted by Gasteiger charge is 2.08. The second kappa shape index (κ2) is 10.0. The summed E-state index contributed by atoms with van der Waals surface area (Å²) in [7, 11) is 0. The number of amides is 1. The molecular weight excluding hydrogens is 385 g/mol. The number of ether oxygens (including phenoxy) is 2. The second-order valence-corrected chi connectivity index (χ2v) is 6.36. The van der Waals surface area contributed by atoms with Gasteiger partial charge in [0.15, 0.2) is 11.6 Å². The van der Waals surface area contributed by atoms with Gasteiger partial charge < -0.3 is 14.8 Å². The highest BCUT2D eigenvalue weighted by Crippen LogP contribution is 2.21. The Labute approximate surface area is 173 Å². The average molecular weight is 405 g/mol. The van der Waals surface area contributed by atoms with Crippen molar-refractivity contribution in [1.82, 2.24) is 0 Å². The Morgan fingerprint density at radius 1 is 1.00 bits per heavy atom. The van der Waals surface area contributed by atoms with Gasteiger partial charge >= 0.3 is 5.97 Å². The Morgan fingerprint density at radius 3 is 2.50 bits per heavy atom. The maximum absolute atomic E-state index is 13.7. The molecule has 3 aromatic carbocycles. The SMILES string of the molecule is CC(=O)Oc1cc(/C=C/C(=O)Nc2ccccc2COc2ccccc2)ccc1F. The molecule has 0 spiro atoms. The molecule has 0 bridgehead atoms. The Kier molecular flexibility index (Phi) is 6.95. The van der Waals surface area contributed by atoms with Crippen LogP contribution in [0.3, 0.4) is 0 Å². The number of halogens is 1. The molecule has 0 aliphatic carbocycles. The lowest BCUT2D eigenvalue weighted by Gasteiger charge is -2.11. The van der Waals surface area contributed by atoms with Crippen molar-refractivity contribution in [2.45, 2.75) is 13.5 Å². The predicted molar refractivity (Wildman–Crippen MR) is 113 cm³/mol. The Hall–Kier alpha value is -3.93. The van der Waals surface area contributed by atoms with Gasteiger partial charge in [0.25, 0.3) is 0 Å². The van der Waals surface area contributed by atoms with E-state index in [0.29, 0.717) is 17.9 Å². The van der Waals surface area contributed by atoms with Gasteiger partial charge in [-0.05, 0) is 42.0 Å². The number of hydrogen-bond donors (Lipinski definition) is 1. The molecule has 1 amide bonds. The van der Waals surface area contributed by atoms with Crippen LogP contribution in [0.15, 0.2) is 78.9 Å². The lowest BCUT2D eigenvalue weighted by molar-refractivity contribution is -0.132. The van der Waals surface area contributed by atoms with Gasteiger partial charge in [0.1, 0.15) is 12.4 Å². The standard InChI is InChI=1S/C24H20FNO4/c1-17(27)30-23-15-18(11-13-21(23)25)12-14-24(28)26-22-10-6-5-7-19(22)16-29-20-8-3-2-4-9-20/h2-15H,16H2,1H3,(H,26,28)/b14-12+. The first-order chi connectivity index (χ1) is 14.5. The molecule has 0 aliphatic rings. The molecule has 0 saturated heterocycles.